The zero-order chi connectivity index (χ0) is 14.2. The molecule has 0 aliphatic carbocycles. The molecule has 0 atom stereocenters. The Kier molecular flexibility index (Phi) is 8.80. The largest absolute Gasteiger partial charge is 0.469 e. The quantitative estimate of drug-likeness (QED) is 0.463. The first-order chi connectivity index (χ1) is 9.75. The van der Waals surface area contributed by atoms with Crippen LogP contribution in [0.1, 0.15) is 38.9 Å². The Bertz CT molecular complexity index is 398. The molecule has 120 valence electrons. The van der Waals surface area contributed by atoms with Crippen LogP contribution in [-0.2, 0) is 6.42 Å². The van der Waals surface area contributed by atoms with E-state index in [2.05, 4.69) is 24.1 Å². The summed E-state index contributed by atoms with van der Waals surface area (Å²) in [4.78, 5) is 7.16. The van der Waals surface area contributed by atoms with Gasteiger partial charge in [-0.25, -0.2) is 0 Å². The summed E-state index contributed by atoms with van der Waals surface area (Å²) in [5.74, 6) is 2.70. The van der Waals surface area contributed by atoms with Gasteiger partial charge in [0.25, 0.3) is 0 Å². The zero-order valence-corrected chi connectivity index (χ0v) is 15.5. The predicted octanol–water partition coefficient (Wildman–Crippen LogP) is 3.53. The van der Waals surface area contributed by atoms with Gasteiger partial charge in [-0.3, -0.25) is 4.99 Å². The molecule has 0 unspecified atom stereocenters. The van der Waals surface area contributed by atoms with Crippen molar-refractivity contribution in [3.8, 4) is 0 Å². The van der Waals surface area contributed by atoms with Crippen LogP contribution in [0.4, 0.5) is 0 Å². The lowest BCUT2D eigenvalue weighted by Crippen LogP contribution is -2.45. The van der Waals surface area contributed by atoms with Crippen molar-refractivity contribution in [3.63, 3.8) is 0 Å². The highest BCUT2D eigenvalue weighted by Gasteiger charge is 2.14. The van der Waals surface area contributed by atoms with Gasteiger partial charge in [0.15, 0.2) is 5.96 Å². The van der Waals surface area contributed by atoms with Crippen LogP contribution in [0.25, 0.3) is 0 Å². The number of furan rings is 1. The van der Waals surface area contributed by atoms with E-state index in [1.807, 2.05) is 12.1 Å². The third-order valence-electron chi connectivity index (χ3n) is 3.50. The van der Waals surface area contributed by atoms with Gasteiger partial charge in [0, 0.05) is 32.6 Å². The number of aliphatic imine (C=N–C) groups is 1. The van der Waals surface area contributed by atoms with Gasteiger partial charge in [-0.15, -0.1) is 24.0 Å². The Morgan fingerprint density at radius 1 is 1.33 bits per heavy atom. The average molecular weight is 405 g/mol. The van der Waals surface area contributed by atoms with Crippen LogP contribution in [0.15, 0.2) is 27.8 Å². The zero-order valence-electron chi connectivity index (χ0n) is 13.2. The third kappa shape index (κ3) is 6.72. The summed E-state index contributed by atoms with van der Waals surface area (Å²) in [6.45, 7) is 8.44. The summed E-state index contributed by atoms with van der Waals surface area (Å²) < 4.78 is 5.37. The summed E-state index contributed by atoms with van der Waals surface area (Å²) >= 11 is 0. The van der Waals surface area contributed by atoms with E-state index < -0.39 is 0 Å². The van der Waals surface area contributed by atoms with Gasteiger partial charge < -0.3 is 14.6 Å². The van der Waals surface area contributed by atoms with Crippen LogP contribution in [0, 0.1) is 5.92 Å². The number of guanidine groups is 1. The molecule has 1 aromatic heterocycles. The number of halogens is 1. The van der Waals surface area contributed by atoms with Crippen LogP contribution >= 0.6 is 24.0 Å². The van der Waals surface area contributed by atoms with Crippen molar-refractivity contribution in [2.75, 3.05) is 26.2 Å². The van der Waals surface area contributed by atoms with E-state index >= 15 is 0 Å². The van der Waals surface area contributed by atoms with E-state index in [-0.39, 0.29) is 24.0 Å². The van der Waals surface area contributed by atoms with E-state index in [0.717, 1.165) is 44.3 Å². The topological polar surface area (TPSA) is 40.8 Å². The Morgan fingerprint density at radius 3 is 2.71 bits per heavy atom. The van der Waals surface area contributed by atoms with Crippen molar-refractivity contribution in [1.29, 1.82) is 0 Å². The molecule has 0 radical (unpaired) electrons. The standard InChI is InChI=1S/C16H27N3O.HI/c1-14(2)13-18-16(19-10-4-3-5-11-19)17-9-8-15-7-6-12-20-15;/h6-7,12,14H,3-5,8-11,13H2,1-2H3,(H,17,18);1H. The minimum absolute atomic E-state index is 0. The van der Waals surface area contributed by atoms with Crippen molar-refractivity contribution < 1.29 is 4.42 Å². The molecule has 0 spiro atoms. The van der Waals surface area contributed by atoms with Crippen LogP contribution in [0.3, 0.4) is 0 Å². The molecular formula is C16H28IN3O. The maximum Gasteiger partial charge on any atom is 0.193 e. The first kappa shape index (κ1) is 18.3. The summed E-state index contributed by atoms with van der Waals surface area (Å²) in [7, 11) is 0. The number of nitrogens with one attached hydrogen (secondary N) is 1. The maximum atomic E-state index is 5.37. The number of hydrogen-bond acceptors (Lipinski definition) is 2. The van der Waals surface area contributed by atoms with E-state index in [1.54, 1.807) is 6.26 Å². The van der Waals surface area contributed by atoms with Crippen LogP contribution in [-0.4, -0.2) is 37.0 Å². The minimum atomic E-state index is 0. The number of nitrogens with zero attached hydrogens (tertiary/aromatic N) is 2. The SMILES string of the molecule is CC(C)CN=C(NCCc1ccco1)N1CCCCC1.I. The number of hydrogen-bond donors (Lipinski definition) is 1. The second-order valence-electron chi connectivity index (χ2n) is 5.86. The highest BCUT2D eigenvalue weighted by Crippen LogP contribution is 2.09. The lowest BCUT2D eigenvalue weighted by atomic mass is 10.1. The predicted molar refractivity (Wildman–Crippen MR) is 98.4 cm³/mol. The van der Waals surface area contributed by atoms with Crippen molar-refractivity contribution in [2.24, 2.45) is 10.9 Å². The van der Waals surface area contributed by atoms with Crippen molar-refractivity contribution >= 4 is 29.9 Å². The van der Waals surface area contributed by atoms with E-state index in [9.17, 15) is 0 Å². The molecule has 2 rings (SSSR count). The number of piperidine rings is 1. The Morgan fingerprint density at radius 2 is 2.10 bits per heavy atom. The van der Waals surface area contributed by atoms with Crippen LogP contribution in [0.2, 0.25) is 0 Å². The molecule has 0 amide bonds. The maximum absolute atomic E-state index is 5.37. The lowest BCUT2D eigenvalue weighted by Gasteiger charge is -2.30. The highest BCUT2D eigenvalue weighted by molar-refractivity contribution is 14.0. The first-order valence-electron chi connectivity index (χ1n) is 7.81. The average Bonchev–Trinajstić information content (AvgIpc) is 2.96. The summed E-state index contributed by atoms with van der Waals surface area (Å²) in [6, 6.07) is 3.96. The number of likely N-dealkylation sites (tertiary alicyclic amines) is 1. The monoisotopic (exact) mass is 405 g/mol. The van der Waals surface area contributed by atoms with Gasteiger partial charge in [0.2, 0.25) is 0 Å². The molecule has 0 saturated carbocycles. The molecule has 1 saturated heterocycles. The highest BCUT2D eigenvalue weighted by atomic mass is 127. The Labute approximate surface area is 145 Å². The molecule has 2 heterocycles. The summed E-state index contributed by atoms with van der Waals surface area (Å²) in [5.41, 5.74) is 0. The summed E-state index contributed by atoms with van der Waals surface area (Å²) in [5, 5.41) is 3.50. The van der Waals surface area contributed by atoms with Gasteiger partial charge in [-0.2, -0.15) is 0 Å². The van der Waals surface area contributed by atoms with E-state index in [1.165, 1.54) is 19.3 Å². The van der Waals surface area contributed by atoms with Gasteiger partial charge in [-0.05, 0) is 37.3 Å². The van der Waals surface area contributed by atoms with Gasteiger partial charge in [-0.1, -0.05) is 13.8 Å². The molecule has 5 heteroatoms. The molecule has 0 bridgehead atoms. The Hall–Kier alpha value is -0.720. The fourth-order valence-electron chi connectivity index (χ4n) is 2.39. The molecule has 1 aromatic rings. The number of rotatable bonds is 5. The lowest BCUT2D eigenvalue weighted by molar-refractivity contribution is 0.330. The minimum Gasteiger partial charge on any atom is -0.469 e. The van der Waals surface area contributed by atoms with Crippen molar-refractivity contribution in [3.05, 3.63) is 24.2 Å². The Balaban J connectivity index is 0.00000220. The first-order valence-corrected chi connectivity index (χ1v) is 7.81. The van der Waals surface area contributed by atoms with Gasteiger partial charge >= 0.3 is 0 Å². The normalized spacial score (nSPS) is 16.0. The molecule has 1 aliphatic heterocycles. The van der Waals surface area contributed by atoms with Gasteiger partial charge in [0.05, 0.1) is 6.26 Å². The second-order valence-corrected chi connectivity index (χ2v) is 5.86. The van der Waals surface area contributed by atoms with Crippen LogP contribution in [0.5, 0.6) is 0 Å². The molecule has 1 fully saturated rings. The molecule has 0 aromatic carbocycles. The fraction of sp³-hybridized carbons (Fsp3) is 0.688. The fourth-order valence-corrected chi connectivity index (χ4v) is 2.39. The van der Waals surface area contributed by atoms with E-state index in [0.29, 0.717) is 5.92 Å². The third-order valence-corrected chi connectivity index (χ3v) is 3.50. The van der Waals surface area contributed by atoms with Crippen LogP contribution < -0.4 is 5.32 Å². The van der Waals surface area contributed by atoms with Crippen molar-refractivity contribution in [1.82, 2.24) is 10.2 Å². The second kappa shape index (κ2) is 10.1. The van der Waals surface area contributed by atoms with Gasteiger partial charge in [0.1, 0.15) is 5.76 Å². The molecular weight excluding hydrogens is 377 g/mol. The molecule has 1 aliphatic rings. The van der Waals surface area contributed by atoms with E-state index in [4.69, 9.17) is 9.41 Å². The summed E-state index contributed by atoms with van der Waals surface area (Å²) in [6.07, 6.45) is 6.54. The smallest absolute Gasteiger partial charge is 0.193 e. The molecule has 4 nitrogen and oxygen atoms in total. The van der Waals surface area contributed by atoms with Crippen molar-refractivity contribution in [2.45, 2.75) is 39.5 Å². The molecule has 1 N–H and O–H groups in total. The molecule has 21 heavy (non-hydrogen) atoms.